The van der Waals surface area contributed by atoms with E-state index in [1.54, 1.807) is 30.5 Å². The minimum absolute atomic E-state index is 0.107. The molecule has 0 saturated heterocycles. The van der Waals surface area contributed by atoms with Gasteiger partial charge in [-0.3, -0.25) is 0 Å². The van der Waals surface area contributed by atoms with Crippen LogP contribution in [0.25, 0.3) is 33.2 Å². The molecule has 1 aromatic heterocycles. The zero-order valence-corrected chi connectivity index (χ0v) is 21.7. The van der Waals surface area contributed by atoms with Gasteiger partial charge in [-0.2, -0.15) is 0 Å². The largest absolute Gasteiger partial charge is 0.489 e. The highest BCUT2D eigenvalue weighted by atomic mass is 35.5. The topological polar surface area (TPSA) is 68.3 Å². The standard InChI is InChI=1S/C30H22Cl2N2O3/c1-18(2)30-24(29(34-37-30)28-25(31)6-4-7-26(28)32)16-35-22-12-9-19(10-13-22)20-11-14-23-21(15-20)5-3-8-27(23)36-17-33/h3-15,18H,16H2,1-2H3. The smallest absolute Gasteiger partial charge is 0.292 e. The van der Waals surface area contributed by atoms with Crippen LogP contribution in [0.2, 0.25) is 10.0 Å². The Morgan fingerprint density at radius 3 is 2.32 bits per heavy atom. The average Bonchev–Trinajstić information content (AvgIpc) is 3.31. The van der Waals surface area contributed by atoms with E-state index in [0.29, 0.717) is 32.8 Å². The van der Waals surface area contributed by atoms with Gasteiger partial charge < -0.3 is 14.0 Å². The second-order valence-corrected chi connectivity index (χ2v) is 9.64. The van der Waals surface area contributed by atoms with Gasteiger partial charge in [0.25, 0.3) is 6.26 Å². The average molecular weight is 529 g/mol. The van der Waals surface area contributed by atoms with Gasteiger partial charge in [-0.1, -0.05) is 78.6 Å². The van der Waals surface area contributed by atoms with Crippen molar-refractivity contribution in [2.24, 2.45) is 0 Å². The summed E-state index contributed by atoms with van der Waals surface area (Å²) < 4.78 is 16.9. The lowest BCUT2D eigenvalue weighted by atomic mass is 10.0. The lowest BCUT2D eigenvalue weighted by Gasteiger charge is -2.11. The Morgan fingerprint density at radius 1 is 0.919 bits per heavy atom. The highest BCUT2D eigenvalue weighted by Crippen LogP contribution is 2.39. The zero-order chi connectivity index (χ0) is 25.9. The Hall–Kier alpha value is -3.98. The molecule has 0 bridgehead atoms. The van der Waals surface area contributed by atoms with Crippen LogP contribution in [0.5, 0.6) is 11.5 Å². The molecule has 0 N–H and O–H groups in total. The summed E-state index contributed by atoms with van der Waals surface area (Å²) in [5.41, 5.74) is 4.13. The van der Waals surface area contributed by atoms with Crippen LogP contribution in [-0.2, 0) is 6.61 Å². The summed E-state index contributed by atoms with van der Waals surface area (Å²) in [6, 6.07) is 24.9. The highest BCUT2D eigenvalue weighted by Gasteiger charge is 2.23. The van der Waals surface area contributed by atoms with Crippen molar-refractivity contribution in [2.45, 2.75) is 26.4 Å². The van der Waals surface area contributed by atoms with Crippen molar-refractivity contribution < 1.29 is 14.0 Å². The molecular weight excluding hydrogens is 507 g/mol. The monoisotopic (exact) mass is 528 g/mol. The minimum atomic E-state index is 0.107. The molecule has 0 atom stereocenters. The second kappa shape index (κ2) is 10.6. The summed E-state index contributed by atoms with van der Waals surface area (Å²) >= 11 is 12.9. The van der Waals surface area contributed by atoms with Gasteiger partial charge in [-0.15, -0.1) is 5.26 Å². The van der Waals surface area contributed by atoms with Gasteiger partial charge in [0.15, 0.2) is 0 Å². The van der Waals surface area contributed by atoms with Crippen molar-refractivity contribution in [3.63, 3.8) is 0 Å². The Bertz CT molecular complexity index is 1600. The van der Waals surface area contributed by atoms with Crippen molar-refractivity contribution in [3.05, 3.63) is 100 Å². The van der Waals surface area contributed by atoms with Gasteiger partial charge in [0.2, 0.25) is 0 Å². The molecule has 7 heteroatoms. The normalized spacial score (nSPS) is 11.0. The number of ether oxygens (including phenoxy) is 2. The van der Waals surface area contributed by atoms with Crippen molar-refractivity contribution >= 4 is 34.0 Å². The van der Waals surface area contributed by atoms with E-state index < -0.39 is 0 Å². The van der Waals surface area contributed by atoms with E-state index in [9.17, 15) is 0 Å². The first-order valence-electron chi connectivity index (χ1n) is 11.7. The Labute approximate surface area is 224 Å². The van der Waals surface area contributed by atoms with E-state index in [2.05, 4.69) is 11.2 Å². The summed E-state index contributed by atoms with van der Waals surface area (Å²) in [7, 11) is 0. The lowest BCUT2D eigenvalue weighted by Crippen LogP contribution is -2.01. The molecule has 184 valence electrons. The third-order valence-electron chi connectivity index (χ3n) is 6.11. The van der Waals surface area contributed by atoms with Crippen LogP contribution < -0.4 is 9.47 Å². The van der Waals surface area contributed by atoms with Gasteiger partial charge in [-0.25, -0.2) is 0 Å². The first-order valence-corrected chi connectivity index (χ1v) is 12.5. The zero-order valence-electron chi connectivity index (χ0n) is 20.2. The third-order valence-corrected chi connectivity index (χ3v) is 6.74. The third kappa shape index (κ3) is 4.99. The van der Waals surface area contributed by atoms with Gasteiger partial charge in [0.05, 0.1) is 15.6 Å². The molecule has 0 unspecified atom stereocenters. The molecule has 0 amide bonds. The van der Waals surface area contributed by atoms with Crippen molar-refractivity contribution in [1.82, 2.24) is 5.16 Å². The molecule has 0 aliphatic carbocycles. The number of hydrogen-bond acceptors (Lipinski definition) is 5. The van der Waals surface area contributed by atoms with Crippen LogP contribution >= 0.6 is 23.2 Å². The van der Waals surface area contributed by atoms with E-state index in [1.807, 2.05) is 62.4 Å². The SMILES string of the molecule is CC(C)c1onc(-c2c(Cl)cccc2Cl)c1COc1ccc(-c2ccc3c(OC#N)cccc3c2)cc1. The lowest BCUT2D eigenvalue weighted by molar-refractivity contribution is 0.298. The fourth-order valence-corrected chi connectivity index (χ4v) is 4.88. The van der Waals surface area contributed by atoms with E-state index in [0.717, 1.165) is 33.2 Å². The number of fused-ring (bicyclic) bond motifs is 1. The van der Waals surface area contributed by atoms with E-state index in [1.165, 1.54) is 0 Å². The predicted molar refractivity (Wildman–Crippen MR) is 146 cm³/mol. The Balaban J connectivity index is 1.39. The number of halogens is 2. The minimum Gasteiger partial charge on any atom is -0.489 e. The molecule has 0 aliphatic rings. The molecule has 0 radical (unpaired) electrons. The highest BCUT2D eigenvalue weighted by molar-refractivity contribution is 6.39. The van der Waals surface area contributed by atoms with Crippen LogP contribution in [0.3, 0.4) is 0 Å². The summed E-state index contributed by atoms with van der Waals surface area (Å²) in [6.45, 7) is 4.33. The summed E-state index contributed by atoms with van der Waals surface area (Å²) in [4.78, 5) is 0. The van der Waals surface area contributed by atoms with Crippen molar-refractivity contribution in [2.75, 3.05) is 0 Å². The molecule has 5 rings (SSSR count). The number of aromatic nitrogens is 1. The van der Waals surface area contributed by atoms with E-state index in [4.69, 9.17) is 42.5 Å². The van der Waals surface area contributed by atoms with Crippen molar-refractivity contribution in [1.29, 1.82) is 5.26 Å². The number of benzene rings is 4. The number of hydrogen-bond donors (Lipinski definition) is 0. The first kappa shape index (κ1) is 24.7. The van der Waals surface area contributed by atoms with Crippen molar-refractivity contribution in [3.8, 4) is 40.1 Å². The number of rotatable bonds is 7. The van der Waals surface area contributed by atoms with Gasteiger partial charge in [0, 0.05) is 16.9 Å². The van der Waals surface area contributed by atoms with Crippen LogP contribution in [0, 0.1) is 11.5 Å². The van der Waals surface area contributed by atoms with Crippen LogP contribution in [0.4, 0.5) is 0 Å². The summed E-state index contributed by atoms with van der Waals surface area (Å²) in [5.74, 6) is 2.09. The number of nitriles is 1. The van der Waals surface area contributed by atoms with Gasteiger partial charge in [0.1, 0.15) is 29.6 Å². The maximum atomic E-state index is 8.88. The molecule has 0 saturated carbocycles. The fourth-order valence-electron chi connectivity index (χ4n) is 4.31. The summed E-state index contributed by atoms with van der Waals surface area (Å²) in [5, 5.41) is 16.0. The molecule has 5 aromatic rings. The van der Waals surface area contributed by atoms with Crippen LogP contribution in [0.1, 0.15) is 31.1 Å². The van der Waals surface area contributed by atoms with Crippen LogP contribution in [-0.4, -0.2) is 5.16 Å². The van der Waals surface area contributed by atoms with Gasteiger partial charge >= 0.3 is 0 Å². The quantitative estimate of drug-likeness (QED) is 0.197. The Morgan fingerprint density at radius 2 is 1.62 bits per heavy atom. The molecule has 0 spiro atoms. The van der Waals surface area contributed by atoms with E-state index >= 15 is 0 Å². The first-order chi connectivity index (χ1) is 18.0. The molecule has 5 nitrogen and oxygen atoms in total. The van der Waals surface area contributed by atoms with E-state index in [-0.39, 0.29) is 12.5 Å². The van der Waals surface area contributed by atoms with Gasteiger partial charge in [-0.05, 0) is 59.0 Å². The molecule has 37 heavy (non-hydrogen) atoms. The molecule has 1 heterocycles. The molecular formula is C30H22Cl2N2O3. The molecule has 0 aliphatic heterocycles. The Kier molecular flexibility index (Phi) is 7.05. The van der Waals surface area contributed by atoms with Crippen LogP contribution in [0.15, 0.2) is 83.4 Å². The molecule has 0 fully saturated rings. The fraction of sp³-hybridized carbons (Fsp3) is 0.133. The second-order valence-electron chi connectivity index (χ2n) is 8.82. The summed E-state index contributed by atoms with van der Waals surface area (Å²) in [6.07, 6.45) is 1.74. The number of nitrogens with zero attached hydrogens (tertiary/aromatic N) is 2. The predicted octanol–water partition coefficient (Wildman–Crippen LogP) is 9.03. The maximum Gasteiger partial charge on any atom is 0.292 e. The molecule has 4 aromatic carbocycles. The maximum absolute atomic E-state index is 8.88.